The second-order valence-corrected chi connectivity index (χ2v) is 16.6. The predicted molar refractivity (Wildman–Crippen MR) is 267 cm³/mol. The van der Waals surface area contributed by atoms with Crippen molar-refractivity contribution in [3.05, 3.63) is 270 Å². The summed E-state index contributed by atoms with van der Waals surface area (Å²) >= 11 is 0. The Morgan fingerprint density at radius 3 is 1.73 bits per heavy atom. The van der Waals surface area contributed by atoms with Crippen LogP contribution in [0.1, 0.15) is 40.3 Å². The van der Waals surface area contributed by atoms with Crippen molar-refractivity contribution in [2.24, 2.45) is 0 Å². The number of benzene rings is 9. The minimum atomic E-state index is -0.359. The van der Waals surface area contributed by atoms with Crippen molar-refractivity contribution < 1.29 is 0 Å². The van der Waals surface area contributed by atoms with E-state index in [-0.39, 0.29) is 5.41 Å². The van der Waals surface area contributed by atoms with Gasteiger partial charge in [-0.25, -0.2) is 0 Å². The Balaban J connectivity index is 1.02. The number of anilines is 4. The molecule has 9 aromatic carbocycles. The lowest BCUT2D eigenvalue weighted by molar-refractivity contribution is 0.794. The van der Waals surface area contributed by atoms with Gasteiger partial charge >= 0.3 is 0 Å². The summed E-state index contributed by atoms with van der Waals surface area (Å²) in [5, 5.41) is 6.00. The maximum atomic E-state index is 4.60. The first kappa shape index (κ1) is 38.0. The smallest absolute Gasteiger partial charge is 0.0725 e. The minimum absolute atomic E-state index is 0.359. The van der Waals surface area contributed by atoms with Gasteiger partial charge in [-0.15, -0.1) is 0 Å². The van der Waals surface area contributed by atoms with Gasteiger partial charge in [0.15, 0.2) is 0 Å². The van der Waals surface area contributed by atoms with E-state index in [0.29, 0.717) is 0 Å². The highest BCUT2D eigenvalue weighted by molar-refractivity contribution is 6.07. The molecule has 2 aliphatic rings. The highest BCUT2D eigenvalue weighted by atomic mass is 15.1. The fourth-order valence-electron chi connectivity index (χ4n) is 10.4. The molecule has 9 aromatic rings. The lowest BCUT2D eigenvalue weighted by Gasteiger charge is -2.30. The molecule has 0 bridgehead atoms. The van der Waals surface area contributed by atoms with Crippen molar-refractivity contribution in [3.8, 4) is 33.4 Å². The number of allylic oxidation sites excluding steroid dienone is 4. The van der Waals surface area contributed by atoms with Gasteiger partial charge in [-0.3, -0.25) is 0 Å². The molecule has 0 saturated heterocycles. The number of rotatable bonds is 9. The lowest BCUT2D eigenvalue weighted by atomic mass is 9.70. The van der Waals surface area contributed by atoms with Gasteiger partial charge in [-0.05, 0) is 146 Å². The Morgan fingerprint density at radius 2 is 1.08 bits per heavy atom. The largest absolute Gasteiger partial charge is 0.355 e. The third kappa shape index (κ3) is 6.09. The number of aryl methyl sites for hydroxylation is 1. The molecule has 2 aliphatic carbocycles. The van der Waals surface area contributed by atoms with Gasteiger partial charge in [0.25, 0.3) is 0 Å². The number of para-hydroxylation sites is 2. The van der Waals surface area contributed by atoms with E-state index in [9.17, 15) is 0 Å². The molecule has 0 fully saturated rings. The lowest BCUT2D eigenvalue weighted by Crippen LogP contribution is -2.25. The van der Waals surface area contributed by atoms with Crippen molar-refractivity contribution in [1.82, 2.24) is 0 Å². The zero-order valence-electron chi connectivity index (χ0n) is 35.5. The van der Waals surface area contributed by atoms with E-state index in [1.165, 1.54) is 66.4 Å². The number of nitrogens with zero attached hydrogens (tertiary/aromatic N) is 1. The first-order chi connectivity index (χ1) is 31.1. The van der Waals surface area contributed by atoms with Crippen LogP contribution < -0.4 is 10.2 Å². The third-order valence-electron chi connectivity index (χ3n) is 13.1. The van der Waals surface area contributed by atoms with E-state index in [2.05, 4.69) is 224 Å². The summed E-state index contributed by atoms with van der Waals surface area (Å²) in [6.07, 6.45) is 6.19. The Labute approximate surface area is 370 Å². The molecule has 0 amide bonds. The van der Waals surface area contributed by atoms with Crippen molar-refractivity contribution >= 4 is 39.1 Å². The molecule has 0 saturated carbocycles. The summed E-state index contributed by atoms with van der Waals surface area (Å²) in [6.45, 7) is 8.82. The highest BCUT2D eigenvalue weighted by Gasteiger charge is 2.51. The van der Waals surface area contributed by atoms with Crippen LogP contribution in [0.3, 0.4) is 0 Å². The van der Waals surface area contributed by atoms with Crippen molar-refractivity contribution in [1.29, 1.82) is 0 Å². The van der Waals surface area contributed by atoms with Crippen LogP contribution in [0.5, 0.6) is 0 Å². The van der Waals surface area contributed by atoms with E-state index in [4.69, 9.17) is 0 Å². The summed E-state index contributed by atoms with van der Waals surface area (Å²) in [5.74, 6) is 0. The average molecular weight is 807 g/mol. The second-order valence-electron chi connectivity index (χ2n) is 16.6. The molecule has 0 unspecified atom stereocenters. The number of nitrogens with one attached hydrogen (secondary N) is 1. The van der Waals surface area contributed by atoms with Gasteiger partial charge in [-0.1, -0.05) is 176 Å². The molecule has 0 radical (unpaired) electrons. The minimum Gasteiger partial charge on any atom is -0.355 e. The Bertz CT molecular complexity index is 3250. The molecule has 0 aromatic heterocycles. The molecule has 1 spiro atoms. The Hall–Kier alpha value is -7.94. The zero-order chi connectivity index (χ0) is 42.5. The van der Waals surface area contributed by atoms with Crippen molar-refractivity contribution in [2.45, 2.75) is 19.3 Å². The van der Waals surface area contributed by atoms with Crippen LogP contribution in [0, 0.1) is 6.92 Å². The van der Waals surface area contributed by atoms with E-state index in [0.717, 1.165) is 45.1 Å². The molecule has 300 valence electrons. The van der Waals surface area contributed by atoms with Gasteiger partial charge in [0, 0.05) is 28.1 Å². The Morgan fingerprint density at radius 1 is 0.508 bits per heavy atom. The molecule has 63 heavy (non-hydrogen) atoms. The summed E-state index contributed by atoms with van der Waals surface area (Å²) in [6, 6.07) is 75.5. The molecular weight excluding hydrogens is 761 g/mol. The summed E-state index contributed by atoms with van der Waals surface area (Å²) in [5.41, 5.74) is 21.2. The van der Waals surface area contributed by atoms with Crippen LogP contribution in [0.2, 0.25) is 0 Å². The second kappa shape index (κ2) is 15.5. The van der Waals surface area contributed by atoms with E-state index in [1.54, 1.807) is 0 Å². The standard InChI is InChI=1S/C61H46N2/c1-4-5-32-59(62-44-20-8-6-9-21-44)42(3)47-35-34-46(39-41(47)2)63(45-22-10-7-11-23-45)60-38-36-48(49-24-12-13-28-53(49)60)43-33-37-58-54(40-43)52-27-16-19-31-57(52)61(58)55-29-17-14-25-50(55)51-26-15-18-30-56(51)61/h4-40,62H,3H2,1-2H3/b5-4-,59-32+. The van der Waals surface area contributed by atoms with Crippen LogP contribution in [0.15, 0.2) is 237 Å². The van der Waals surface area contributed by atoms with Crippen LogP contribution in [0.25, 0.3) is 49.7 Å². The molecule has 0 aliphatic heterocycles. The SMILES string of the molecule is C=C(/C(=C\C=C/C)Nc1ccccc1)c1ccc(N(c2ccccc2)c2ccc(-c3ccc4c(c3)-c3ccccc3C43c4ccccc4-c4ccccc43)c3ccccc23)cc1C. The van der Waals surface area contributed by atoms with Gasteiger partial charge in [0.1, 0.15) is 0 Å². The first-order valence-corrected chi connectivity index (χ1v) is 21.8. The summed E-state index contributed by atoms with van der Waals surface area (Å²) < 4.78 is 0. The van der Waals surface area contributed by atoms with Gasteiger partial charge in [0.05, 0.1) is 11.1 Å². The van der Waals surface area contributed by atoms with E-state index < -0.39 is 0 Å². The summed E-state index contributed by atoms with van der Waals surface area (Å²) in [7, 11) is 0. The zero-order valence-corrected chi connectivity index (χ0v) is 35.5. The molecular formula is C61H46N2. The molecule has 2 nitrogen and oxygen atoms in total. The van der Waals surface area contributed by atoms with E-state index in [1.807, 2.05) is 31.2 Å². The fraction of sp³-hybridized carbons (Fsp3) is 0.0492. The van der Waals surface area contributed by atoms with Gasteiger partial charge in [0.2, 0.25) is 0 Å². The molecule has 0 heterocycles. The average Bonchev–Trinajstić information content (AvgIpc) is 3.80. The van der Waals surface area contributed by atoms with Gasteiger partial charge in [-0.2, -0.15) is 0 Å². The van der Waals surface area contributed by atoms with Gasteiger partial charge < -0.3 is 10.2 Å². The van der Waals surface area contributed by atoms with Crippen LogP contribution >= 0.6 is 0 Å². The molecule has 0 atom stereocenters. The topological polar surface area (TPSA) is 15.3 Å². The van der Waals surface area contributed by atoms with Crippen LogP contribution in [-0.4, -0.2) is 0 Å². The van der Waals surface area contributed by atoms with Crippen molar-refractivity contribution in [2.75, 3.05) is 10.2 Å². The van der Waals surface area contributed by atoms with Crippen LogP contribution in [0.4, 0.5) is 22.7 Å². The first-order valence-electron chi connectivity index (χ1n) is 21.8. The highest BCUT2D eigenvalue weighted by Crippen LogP contribution is 2.63. The van der Waals surface area contributed by atoms with Crippen LogP contribution in [-0.2, 0) is 5.41 Å². The number of fused-ring (bicyclic) bond motifs is 11. The van der Waals surface area contributed by atoms with E-state index >= 15 is 0 Å². The monoisotopic (exact) mass is 806 g/mol. The maximum Gasteiger partial charge on any atom is 0.0725 e. The summed E-state index contributed by atoms with van der Waals surface area (Å²) in [4.78, 5) is 2.39. The Kier molecular flexibility index (Phi) is 9.36. The molecule has 11 rings (SSSR count). The normalized spacial score (nSPS) is 13.1. The number of hydrogen-bond acceptors (Lipinski definition) is 2. The molecule has 1 N–H and O–H groups in total. The quantitative estimate of drug-likeness (QED) is 0.146. The maximum absolute atomic E-state index is 4.60. The fourth-order valence-corrected chi connectivity index (χ4v) is 10.4. The van der Waals surface area contributed by atoms with Crippen molar-refractivity contribution in [3.63, 3.8) is 0 Å². The molecule has 2 heteroatoms. The predicted octanol–water partition coefficient (Wildman–Crippen LogP) is 16.2. The third-order valence-corrected chi connectivity index (χ3v) is 13.1. The number of hydrogen-bond donors (Lipinski definition) is 1.